The maximum Gasteiger partial charge on any atom is 0.140 e. The molecule has 2 nitrogen and oxygen atoms in total. The van der Waals surface area contributed by atoms with Crippen molar-refractivity contribution in [2.24, 2.45) is 0 Å². The van der Waals surface area contributed by atoms with Crippen molar-refractivity contribution in [3.05, 3.63) is 51.7 Å². The van der Waals surface area contributed by atoms with Crippen molar-refractivity contribution in [1.82, 2.24) is 4.98 Å². The molecule has 0 fully saturated rings. The van der Waals surface area contributed by atoms with Gasteiger partial charge in [0.15, 0.2) is 0 Å². The highest BCUT2D eigenvalue weighted by atomic mass is 32.1. The van der Waals surface area contributed by atoms with Gasteiger partial charge in [0.05, 0.1) is 10.2 Å². The Morgan fingerprint density at radius 2 is 2.00 bits per heavy atom. The van der Waals surface area contributed by atoms with Crippen LogP contribution in [0.5, 0.6) is 0 Å². The molecule has 1 N–H and O–H groups in total. The predicted molar refractivity (Wildman–Crippen MR) is 68.0 cm³/mol. The second-order valence-electron chi connectivity index (χ2n) is 3.44. The topological polar surface area (TPSA) is 33.1 Å². The van der Waals surface area contributed by atoms with E-state index in [1.54, 1.807) is 22.7 Å². The average Bonchev–Trinajstić information content (AvgIpc) is 2.97. The summed E-state index contributed by atoms with van der Waals surface area (Å²) in [6, 6.07) is 11.8. The maximum absolute atomic E-state index is 10.1. The molecule has 1 unspecified atom stereocenters. The smallest absolute Gasteiger partial charge is 0.140 e. The molecule has 0 spiro atoms. The Balaban J connectivity index is 2.06. The molecule has 0 saturated carbocycles. The van der Waals surface area contributed by atoms with Crippen LogP contribution in [0, 0.1) is 0 Å². The molecule has 0 amide bonds. The van der Waals surface area contributed by atoms with Crippen molar-refractivity contribution in [2.45, 2.75) is 6.10 Å². The zero-order valence-electron chi connectivity index (χ0n) is 8.33. The van der Waals surface area contributed by atoms with Crippen LogP contribution in [0.2, 0.25) is 0 Å². The summed E-state index contributed by atoms with van der Waals surface area (Å²) in [5, 5.41) is 12.9. The average molecular weight is 247 g/mol. The molecule has 3 rings (SSSR count). The van der Waals surface area contributed by atoms with E-state index in [9.17, 15) is 5.11 Å². The minimum Gasteiger partial charge on any atom is -0.380 e. The van der Waals surface area contributed by atoms with Crippen LogP contribution in [0.4, 0.5) is 0 Å². The maximum atomic E-state index is 10.1. The van der Waals surface area contributed by atoms with Crippen molar-refractivity contribution in [2.75, 3.05) is 0 Å². The summed E-state index contributed by atoms with van der Waals surface area (Å²) in [7, 11) is 0. The van der Waals surface area contributed by atoms with Gasteiger partial charge in [-0.3, -0.25) is 0 Å². The van der Waals surface area contributed by atoms with Gasteiger partial charge in [-0.25, -0.2) is 4.98 Å². The highest BCUT2D eigenvalue weighted by Crippen LogP contribution is 2.31. The fourth-order valence-electron chi connectivity index (χ4n) is 1.58. The van der Waals surface area contributed by atoms with Gasteiger partial charge >= 0.3 is 0 Å². The summed E-state index contributed by atoms with van der Waals surface area (Å²) >= 11 is 3.10. The molecular formula is C12H9NOS2. The van der Waals surface area contributed by atoms with Gasteiger partial charge in [-0.2, -0.15) is 0 Å². The van der Waals surface area contributed by atoms with Crippen LogP contribution in [0.3, 0.4) is 0 Å². The minimum absolute atomic E-state index is 0.586. The Hall–Kier alpha value is -1.23. The largest absolute Gasteiger partial charge is 0.380 e. The lowest BCUT2D eigenvalue weighted by molar-refractivity contribution is 0.224. The monoisotopic (exact) mass is 247 g/mol. The standard InChI is InChI=1S/C12H9NOS2/c14-11(10-6-3-7-15-10)12-13-8-4-1-2-5-9(8)16-12/h1-7,11,14H. The number of benzene rings is 1. The van der Waals surface area contributed by atoms with Crippen LogP contribution in [0.25, 0.3) is 10.2 Å². The lowest BCUT2D eigenvalue weighted by atomic mass is 10.3. The molecule has 2 aromatic heterocycles. The second kappa shape index (κ2) is 3.97. The molecule has 0 aliphatic heterocycles. The molecule has 80 valence electrons. The number of rotatable bonds is 2. The van der Waals surface area contributed by atoms with E-state index in [4.69, 9.17) is 0 Å². The summed E-state index contributed by atoms with van der Waals surface area (Å²) in [5.41, 5.74) is 0.957. The summed E-state index contributed by atoms with van der Waals surface area (Å²) < 4.78 is 1.12. The van der Waals surface area contributed by atoms with Gasteiger partial charge in [-0.05, 0) is 23.6 Å². The van der Waals surface area contributed by atoms with E-state index in [2.05, 4.69) is 4.98 Å². The Kier molecular flexibility index (Phi) is 2.47. The van der Waals surface area contributed by atoms with Crippen molar-refractivity contribution >= 4 is 32.9 Å². The third-order valence-corrected chi connectivity index (χ3v) is 4.37. The minimum atomic E-state index is -0.586. The Labute approximate surface area is 101 Å². The first kappa shape index (κ1) is 9.96. The number of thiazole rings is 1. The van der Waals surface area contributed by atoms with Crippen LogP contribution < -0.4 is 0 Å². The number of aromatic nitrogens is 1. The number of thiophene rings is 1. The number of aliphatic hydroxyl groups excluding tert-OH is 1. The highest BCUT2D eigenvalue weighted by molar-refractivity contribution is 7.18. The van der Waals surface area contributed by atoms with Crippen molar-refractivity contribution in [3.63, 3.8) is 0 Å². The van der Waals surface area contributed by atoms with Crippen LogP contribution in [-0.4, -0.2) is 10.1 Å². The van der Waals surface area contributed by atoms with Crippen molar-refractivity contribution < 1.29 is 5.11 Å². The Morgan fingerprint density at radius 1 is 1.12 bits per heavy atom. The van der Waals surface area contributed by atoms with E-state index in [1.165, 1.54) is 0 Å². The van der Waals surface area contributed by atoms with Gasteiger partial charge in [0.2, 0.25) is 0 Å². The number of nitrogens with zero attached hydrogens (tertiary/aromatic N) is 1. The van der Waals surface area contributed by atoms with E-state index in [0.717, 1.165) is 20.1 Å². The molecule has 0 radical (unpaired) electrons. The number of fused-ring (bicyclic) bond motifs is 1. The molecule has 0 saturated heterocycles. The summed E-state index contributed by atoms with van der Waals surface area (Å²) in [6.45, 7) is 0. The molecule has 1 aromatic carbocycles. The molecular weight excluding hydrogens is 238 g/mol. The van der Waals surface area contributed by atoms with Gasteiger partial charge < -0.3 is 5.11 Å². The van der Waals surface area contributed by atoms with Crippen LogP contribution in [-0.2, 0) is 0 Å². The zero-order valence-corrected chi connectivity index (χ0v) is 9.96. The van der Waals surface area contributed by atoms with Crippen LogP contribution in [0.15, 0.2) is 41.8 Å². The quantitative estimate of drug-likeness (QED) is 0.752. The molecule has 0 aliphatic rings. The van der Waals surface area contributed by atoms with Crippen molar-refractivity contribution in [3.8, 4) is 0 Å². The zero-order chi connectivity index (χ0) is 11.0. The summed E-state index contributed by atoms with van der Waals surface area (Å²) in [4.78, 5) is 5.39. The summed E-state index contributed by atoms with van der Waals surface area (Å²) in [5.74, 6) is 0. The van der Waals surface area contributed by atoms with E-state index in [0.29, 0.717) is 0 Å². The highest BCUT2D eigenvalue weighted by Gasteiger charge is 2.15. The molecule has 16 heavy (non-hydrogen) atoms. The number of para-hydroxylation sites is 1. The normalized spacial score (nSPS) is 13.1. The molecule has 3 aromatic rings. The van der Waals surface area contributed by atoms with E-state index in [1.807, 2.05) is 41.8 Å². The lowest BCUT2D eigenvalue weighted by Crippen LogP contribution is -1.95. The Bertz CT molecular complexity index is 567. The van der Waals surface area contributed by atoms with Gasteiger partial charge in [-0.1, -0.05) is 18.2 Å². The van der Waals surface area contributed by atoms with E-state index >= 15 is 0 Å². The molecule has 2 heterocycles. The molecule has 1 atom stereocenters. The third kappa shape index (κ3) is 1.65. The third-order valence-electron chi connectivity index (χ3n) is 2.36. The number of hydrogen-bond donors (Lipinski definition) is 1. The lowest BCUT2D eigenvalue weighted by Gasteiger charge is -2.02. The Morgan fingerprint density at radius 3 is 2.75 bits per heavy atom. The first-order valence-corrected chi connectivity index (χ1v) is 6.61. The number of aliphatic hydroxyl groups is 1. The van der Waals surface area contributed by atoms with Crippen LogP contribution in [0.1, 0.15) is 16.0 Å². The SMILES string of the molecule is OC(c1cccs1)c1nc2ccccc2s1. The second-order valence-corrected chi connectivity index (χ2v) is 5.48. The predicted octanol–water partition coefficient (Wildman–Crippen LogP) is 3.44. The van der Waals surface area contributed by atoms with Gasteiger partial charge in [0.25, 0.3) is 0 Å². The first-order chi connectivity index (χ1) is 7.84. The summed E-state index contributed by atoms with van der Waals surface area (Å²) in [6.07, 6.45) is -0.586. The van der Waals surface area contributed by atoms with E-state index < -0.39 is 6.10 Å². The molecule has 4 heteroatoms. The van der Waals surface area contributed by atoms with Gasteiger partial charge in [0, 0.05) is 4.88 Å². The molecule has 0 bridgehead atoms. The van der Waals surface area contributed by atoms with Crippen molar-refractivity contribution in [1.29, 1.82) is 0 Å². The van der Waals surface area contributed by atoms with Gasteiger partial charge in [0.1, 0.15) is 11.1 Å². The van der Waals surface area contributed by atoms with E-state index in [-0.39, 0.29) is 0 Å². The fourth-order valence-corrected chi connectivity index (χ4v) is 3.33. The first-order valence-electron chi connectivity index (χ1n) is 4.91. The fraction of sp³-hybridized carbons (Fsp3) is 0.0833. The van der Waals surface area contributed by atoms with Gasteiger partial charge in [-0.15, -0.1) is 22.7 Å². The molecule has 0 aliphatic carbocycles. The number of hydrogen-bond acceptors (Lipinski definition) is 4. The van der Waals surface area contributed by atoms with Crippen LogP contribution >= 0.6 is 22.7 Å².